The maximum absolute atomic E-state index is 12.6. The van der Waals surface area contributed by atoms with Crippen LogP contribution in [0.2, 0.25) is 0 Å². The molecule has 0 spiro atoms. The predicted octanol–water partition coefficient (Wildman–Crippen LogP) is 2.96. The van der Waals surface area contributed by atoms with Gasteiger partial charge in [-0.1, -0.05) is 42.0 Å². The highest BCUT2D eigenvalue weighted by atomic mass is 32.2. The van der Waals surface area contributed by atoms with Crippen LogP contribution in [0, 0.1) is 6.92 Å². The first-order valence-electron chi connectivity index (χ1n) is 8.49. The molecule has 0 bridgehead atoms. The molecular weight excluding hydrogens is 334 g/mol. The number of hydrogen-bond acceptors (Lipinski definition) is 3. The fourth-order valence-corrected chi connectivity index (χ4v) is 4.42. The second-order valence-corrected chi connectivity index (χ2v) is 8.38. The van der Waals surface area contributed by atoms with Crippen LogP contribution in [0.1, 0.15) is 18.4 Å². The lowest BCUT2D eigenvalue weighted by molar-refractivity contribution is 0.343. The third-order valence-electron chi connectivity index (χ3n) is 4.71. The lowest BCUT2D eigenvalue weighted by atomic mass is 10.0. The van der Waals surface area contributed by atoms with Gasteiger partial charge in [0.25, 0.3) is 10.0 Å². The van der Waals surface area contributed by atoms with Gasteiger partial charge in [-0.05, 0) is 45.5 Å². The molecule has 1 heterocycles. The number of nitrogens with one attached hydrogen (secondary N) is 2. The fourth-order valence-electron chi connectivity index (χ4n) is 3.15. The summed E-state index contributed by atoms with van der Waals surface area (Å²) in [5, 5.41) is 1.20. The molecule has 0 saturated carbocycles. The lowest BCUT2D eigenvalue weighted by Crippen LogP contribution is -2.27. The number of aryl methyl sites for hydroxylation is 1. The minimum absolute atomic E-state index is 0.259. The molecular formula is C19H25N3O2S. The van der Waals surface area contributed by atoms with Gasteiger partial charge in [0.15, 0.2) is 5.03 Å². The third-order valence-corrected chi connectivity index (χ3v) is 6.24. The number of aromatic nitrogens is 1. The van der Waals surface area contributed by atoms with E-state index in [4.69, 9.17) is 0 Å². The predicted molar refractivity (Wildman–Crippen MR) is 102 cm³/mol. The molecule has 25 heavy (non-hydrogen) atoms. The minimum Gasteiger partial charge on any atom is -0.344 e. The number of likely N-dealkylation sites (N-methyl/N-ethyl adjacent to an activating group) is 1. The van der Waals surface area contributed by atoms with Gasteiger partial charge in [0.05, 0.1) is 0 Å². The molecule has 0 amide bonds. The summed E-state index contributed by atoms with van der Waals surface area (Å²) in [7, 11) is 0.577. The fraction of sp³-hybridized carbons (Fsp3) is 0.368. The van der Waals surface area contributed by atoms with E-state index in [0.717, 1.165) is 22.9 Å². The summed E-state index contributed by atoms with van der Waals surface area (Å²) < 4.78 is 28.0. The number of hydrogen-bond donors (Lipinski definition) is 2. The van der Waals surface area contributed by atoms with E-state index >= 15 is 0 Å². The van der Waals surface area contributed by atoms with Crippen LogP contribution in [0.3, 0.4) is 0 Å². The first kappa shape index (κ1) is 17.9. The van der Waals surface area contributed by atoms with Gasteiger partial charge in [-0.25, -0.2) is 13.1 Å². The summed E-state index contributed by atoms with van der Waals surface area (Å²) in [6.45, 7) is 2.22. The number of H-pyrrole nitrogens is 1. The van der Waals surface area contributed by atoms with Crippen molar-refractivity contribution < 1.29 is 8.42 Å². The number of allylic oxidation sites excluding steroid dienone is 1. The van der Waals surface area contributed by atoms with E-state index in [0.29, 0.717) is 19.0 Å². The number of rotatable bonds is 6. The Hall–Kier alpha value is -1.89. The standard InChI is InChI=1S/C19H25N3O2S/c1-14-17-6-4-5-7-18(17)21-19(14)25(23,24)20-13-12-15-8-10-16(11-9-15)22(2)3/h4-10,16,20-21H,11-13H2,1-3H3. The van der Waals surface area contributed by atoms with Crippen LogP contribution < -0.4 is 4.72 Å². The van der Waals surface area contributed by atoms with E-state index in [1.807, 2.05) is 31.2 Å². The molecule has 6 heteroatoms. The average molecular weight is 359 g/mol. The molecule has 1 unspecified atom stereocenters. The quantitative estimate of drug-likeness (QED) is 0.833. The lowest BCUT2D eigenvalue weighted by Gasteiger charge is -2.22. The molecule has 1 aromatic carbocycles. The van der Waals surface area contributed by atoms with Crippen LogP contribution in [0.5, 0.6) is 0 Å². The zero-order valence-corrected chi connectivity index (χ0v) is 15.7. The molecule has 0 saturated heterocycles. The first-order valence-corrected chi connectivity index (χ1v) is 9.97. The van der Waals surface area contributed by atoms with E-state index < -0.39 is 10.0 Å². The Labute approximate surface area is 149 Å². The Morgan fingerprint density at radius 1 is 1.28 bits per heavy atom. The summed E-state index contributed by atoms with van der Waals surface area (Å²) >= 11 is 0. The van der Waals surface area contributed by atoms with Crippen molar-refractivity contribution in [3.63, 3.8) is 0 Å². The minimum atomic E-state index is -3.54. The molecule has 1 aromatic heterocycles. The number of benzene rings is 1. The highest BCUT2D eigenvalue weighted by Crippen LogP contribution is 2.24. The van der Waals surface area contributed by atoms with Crippen LogP contribution >= 0.6 is 0 Å². The van der Waals surface area contributed by atoms with E-state index in [2.05, 4.69) is 46.9 Å². The van der Waals surface area contributed by atoms with Gasteiger partial charge in [0.1, 0.15) is 0 Å². The molecule has 1 aliphatic rings. The van der Waals surface area contributed by atoms with E-state index in [1.165, 1.54) is 5.57 Å². The van der Waals surface area contributed by atoms with Crippen LogP contribution in [0.15, 0.2) is 53.1 Å². The number of para-hydroxylation sites is 1. The Balaban J connectivity index is 1.65. The van der Waals surface area contributed by atoms with Gasteiger partial charge < -0.3 is 9.88 Å². The maximum Gasteiger partial charge on any atom is 0.256 e. The highest BCUT2D eigenvalue weighted by Gasteiger charge is 2.20. The summed E-state index contributed by atoms with van der Waals surface area (Å²) in [5.74, 6) is 0. The molecule has 0 fully saturated rings. The first-order chi connectivity index (χ1) is 11.9. The van der Waals surface area contributed by atoms with Gasteiger partial charge in [-0.3, -0.25) is 0 Å². The van der Waals surface area contributed by atoms with Crippen molar-refractivity contribution in [3.05, 3.63) is 53.6 Å². The molecule has 1 atom stereocenters. The van der Waals surface area contributed by atoms with Crippen molar-refractivity contribution in [2.24, 2.45) is 0 Å². The normalized spacial score (nSPS) is 18.1. The van der Waals surface area contributed by atoms with Crippen molar-refractivity contribution >= 4 is 20.9 Å². The van der Waals surface area contributed by atoms with Crippen molar-refractivity contribution in [2.75, 3.05) is 20.6 Å². The van der Waals surface area contributed by atoms with Crippen molar-refractivity contribution in [2.45, 2.75) is 30.8 Å². The zero-order chi connectivity index (χ0) is 18.0. The summed E-state index contributed by atoms with van der Waals surface area (Å²) in [6.07, 6.45) is 8.11. The Morgan fingerprint density at radius 2 is 2.04 bits per heavy atom. The molecule has 1 aliphatic carbocycles. The molecule has 134 valence electrons. The summed E-state index contributed by atoms with van der Waals surface area (Å²) in [6, 6.07) is 8.05. The molecule has 3 rings (SSSR count). The Kier molecular flexibility index (Phi) is 5.13. The average Bonchev–Trinajstić information content (AvgIpc) is 2.93. The van der Waals surface area contributed by atoms with Crippen LogP contribution in [0.4, 0.5) is 0 Å². The van der Waals surface area contributed by atoms with Crippen LogP contribution in [0.25, 0.3) is 10.9 Å². The smallest absolute Gasteiger partial charge is 0.256 e. The maximum atomic E-state index is 12.6. The highest BCUT2D eigenvalue weighted by molar-refractivity contribution is 7.89. The van der Waals surface area contributed by atoms with Crippen molar-refractivity contribution in [1.29, 1.82) is 0 Å². The monoisotopic (exact) mass is 359 g/mol. The van der Waals surface area contributed by atoms with Gasteiger partial charge in [0.2, 0.25) is 0 Å². The largest absolute Gasteiger partial charge is 0.344 e. The SMILES string of the molecule is Cc1c(S(=O)(=O)NCCC2=CCC(N(C)C)C=C2)[nH]c2ccccc12. The van der Waals surface area contributed by atoms with E-state index in [9.17, 15) is 8.42 Å². The van der Waals surface area contributed by atoms with Gasteiger partial charge in [-0.2, -0.15) is 0 Å². The second-order valence-electron chi connectivity index (χ2n) is 6.68. The van der Waals surface area contributed by atoms with Crippen molar-refractivity contribution in [3.8, 4) is 0 Å². The summed E-state index contributed by atoms with van der Waals surface area (Å²) in [4.78, 5) is 5.20. The van der Waals surface area contributed by atoms with Crippen LogP contribution in [-0.4, -0.2) is 45.0 Å². The third kappa shape index (κ3) is 3.86. The molecule has 5 nitrogen and oxygen atoms in total. The van der Waals surface area contributed by atoms with E-state index in [1.54, 1.807) is 0 Å². The number of aromatic amines is 1. The van der Waals surface area contributed by atoms with Crippen LogP contribution in [-0.2, 0) is 10.0 Å². The van der Waals surface area contributed by atoms with Gasteiger partial charge in [-0.15, -0.1) is 0 Å². The summed E-state index contributed by atoms with van der Waals surface area (Å²) in [5.41, 5.74) is 2.77. The van der Waals surface area contributed by atoms with Gasteiger partial charge >= 0.3 is 0 Å². The van der Waals surface area contributed by atoms with Gasteiger partial charge in [0, 0.05) is 23.5 Å². The number of fused-ring (bicyclic) bond motifs is 1. The molecule has 2 aromatic rings. The number of sulfonamides is 1. The Morgan fingerprint density at radius 3 is 2.68 bits per heavy atom. The van der Waals surface area contributed by atoms with Crippen molar-refractivity contribution in [1.82, 2.24) is 14.6 Å². The second kappa shape index (κ2) is 7.15. The number of nitrogens with zero attached hydrogens (tertiary/aromatic N) is 1. The Bertz CT molecular complexity index is 923. The molecule has 0 aliphatic heterocycles. The molecule has 2 N–H and O–H groups in total. The zero-order valence-electron chi connectivity index (χ0n) is 14.9. The molecule has 0 radical (unpaired) electrons. The van der Waals surface area contributed by atoms with E-state index in [-0.39, 0.29) is 5.03 Å². The topological polar surface area (TPSA) is 65.2 Å².